The number of ether oxygens (including phenoxy) is 1. The number of halogens is 2. The summed E-state index contributed by atoms with van der Waals surface area (Å²) in [6.07, 6.45) is 6.68. The van der Waals surface area contributed by atoms with Gasteiger partial charge in [0.1, 0.15) is 0 Å². The van der Waals surface area contributed by atoms with Crippen LogP contribution < -0.4 is 15.8 Å². The molecule has 2 amide bonds. The van der Waals surface area contributed by atoms with Crippen molar-refractivity contribution in [3.63, 3.8) is 0 Å². The summed E-state index contributed by atoms with van der Waals surface area (Å²) in [6, 6.07) is -0.0300. The van der Waals surface area contributed by atoms with Crippen molar-refractivity contribution in [2.75, 3.05) is 37.1 Å². The molecule has 3 N–H and O–H groups in total. The van der Waals surface area contributed by atoms with Crippen LogP contribution in [-0.2, 0) is 14.3 Å². The number of carbonyl (C=O) groups excluding carboxylic acids is 2. The average molecular weight is 473 g/mol. The lowest BCUT2D eigenvalue weighted by Crippen LogP contribution is -2.41. The van der Waals surface area contributed by atoms with Crippen molar-refractivity contribution >= 4 is 35.6 Å². The number of amides is 2. The van der Waals surface area contributed by atoms with Crippen molar-refractivity contribution in [3.05, 3.63) is 11.1 Å². The fourth-order valence-electron chi connectivity index (χ4n) is 4.57. The summed E-state index contributed by atoms with van der Waals surface area (Å²) in [5.74, 6) is -1.74. The Labute approximate surface area is 191 Å². The average Bonchev–Trinajstić information content (AvgIpc) is 3.45. The van der Waals surface area contributed by atoms with Crippen LogP contribution in [0.4, 0.5) is 16.0 Å². The van der Waals surface area contributed by atoms with Crippen molar-refractivity contribution < 1.29 is 23.9 Å². The fourth-order valence-corrected chi connectivity index (χ4v) is 4.73. The Balaban J connectivity index is 1.70. The number of carbonyl (C=O) groups is 2. The first kappa shape index (κ1) is 24.4. The highest BCUT2D eigenvalue weighted by atomic mass is 35.5. The molecule has 0 unspecified atom stereocenters. The first-order valence-corrected chi connectivity index (χ1v) is 11.3. The quantitative estimate of drug-likeness (QED) is 0.194. The van der Waals surface area contributed by atoms with E-state index in [2.05, 4.69) is 20.8 Å². The van der Waals surface area contributed by atoms with Crippen molar-refractivity contribution in [2.45, 2.75) is 51.0 Å². The van der Waals surface area contributed by atoms with Gasteiger partial charge in [-0.2, -0.15) is 14.4 Å². The van der Waals surface area contributed by atoms with Crippen LogP contribution in [0.2, 0.25) is 5.28 Å². The van der Waals surface area contributed by atoms with Gasteiger partial charge < -0.3 is 9.64 Å². The van der Waals surface area contributed by atoms with Crippen LogP contribution in [0.3, 0.4) is 0 Å². The molecule has 178 valence electrons. The number of rotatable bonds is 11. The molecule has 2 aliphatic rings. The number of hydrogen-bond donors (Lipinski definition) is 3. The molecule has 3 rings (SSSR count). The molecular weight excluding hydrogens is 443 g/mol. The Morgan fingerprint density at radius 3 is 2.81 bits per heavy atom. The molecule has 32 heavy (non-hydrogen) atoms. The topological polar surface area (TPSA) is 120 Å². The van der Waals surface area contributed by atoms with Gasteiger partial charge in [-0.15, -0.1) is 0 Å². The molecule has 1 aromatic heterocycles. The van der Waals surface area contributed by atoms with Crippen LogP contribution in [-0.4, -0.2) is 65.4 Å². The van der Waals surface area contributed by atoms with E-state index in [1.54, 1.807) is 12.0 Å². The van der Waals surface area contributed by atoms with Gasteiger partial charge in [0, 0.05) is 13.7 Å². The lowest BCUT2D eigenvalue weighted by Gasteiger charge is -2.26. The highest BCUT2D eigenvalue weighted by Gasteiger charge is 2.31. The van der Waals surface area contributed by atoms with Gasteiger partial charge in [0.25, 0.3) is 0 Å². The van der Waals surface area contributed by atoms with Gasteiger partial charge in [-0.3, -0.25) is 25.6 Å². The van der Waals surface area contributed by atoms with E-state index in [9.17, 15) is 14.8 Å². The first-order valence-electron chi connectivity index (χ1n) is 10.9. The van der Waals surface area contributed by atoms with Crippen molar-refractivity contribution in [2.24, 2.45) is 11.8 Å². The van der Waals surface area contributed by atoms with E-state index in [1.807, 2.05) is 0 Å². The SMILES string of the molecule is COC[C@H]1CCCN1c1nc(Cl)nc(NNC(=O)[C@H](CC2CCCC2)CN(O)C=O)c1F. The Hall–Kier alpha value is -2.24. The summed E-state index contributed by atoms with van der Waals surface area (Å²) in [5.41, 5.74) is 4.95. The summed E-state index contributed by atoms with van der Waals surface area (Å²) >= 11 is 6.03. The Morgan fingerprint density at radius 2 is 2.12 bits per heavy atom. The molecule has 10 nitrogen and oxygen atoms in total. The Morgan fingerprint density at radius 1 is 1.38 bits per heavy atom. The molecule has 1 saturated heterocycles. The van der Waals surface area contributed by atoms with Crippen molar-refractivity contribution in [3.8, 4) is 0 Å². The third-order valence-electron chi connectivity index (χ3n) is 6.11. The molecule has 0 radical (unpaired) electrons. The molecular formula is C20H30ClFN6O4. The minimum absolute atomic E-state index is 0.0300. The number of aromatic nitrogens is 2. The van der Waals surface area contributed by atoms with Crippen molar-refractivity contribution in [1.82, 2.24) is 20.5 Å². The third kappa shape index (κ3) is 6.17. The predicted octanol–water partition coefficient (Wildman–Crippen LogP) is 2.37. The second-order valence-electron chi connectivity index (χ2n) is 8.35. The molecule has 0 bridgehead atoms. The van der Waals surface area contributed by atoms with Crippen LogP contribution in [0.25, 0.3) is 0 Å². The van der Waals surface area contributed by atoms with Gasteiger partial charge in [0.2, 0.25) is 23.4 Å². The summed E-state index contributed by atoms with van der Waals surface area (Å²) < 4.78 is 20.4. The van der Waals surface area contributed by atoms with E-state index in [-0.39, 0.29) is 35.9 Å². The number of hydrazine groups is 1. The summed E-state index contributed by atoms with van der Waals surface area (Å²) in [6.45, 7) is 0.877. The lowest BCUT2D eigenvalue weighted by atomic mass is 9.92. The second kappa shape index (κ2) is 11.6. The van der Waals surface area contributed by atoms with Crippen LogP contribution >= 0.6 is 11.6 Å². The number of hydrogen-bond acceptors (Lipinski definition) is 8. The Bertz CT molecular complexity index is 798. The normalized spacial score (nSPS) is 19.8. The third-order valence-corrected chi connectivity index (χ3v) is 6.28. The Kier molecular flexibility index (Phi) is 8.83. The number of nitrogens with one attached hydrogen (secondary N) is 2. The summed E-state index contributed by atoms with van der Waals surface area (Å²) in [7, 11) is 1.59. The molecule has 1 aliphatic heterocycles. The van der Waals surface area contributed by atoms with Crippen LogP contribution in [0.1, 0.15) is 44.9 Å². The molecule has 1 aliphatic carbocycles. The molecule has 2 heterocycles. The van der Waals surface area contributed by atoms with E-state index >= 15 is 4.39 Å². The molecule has 1 aromatic rings. The molecule has 1 saturated carbocycles. The molecule has 2 atom stereocenters. The zero-order valence-electron chi connectivity index (χ0n) is 18.1. The van der Waals surface area contributed by atoms with E-state index in [0.29, 0.717) is 30.6 Å². The standard InChI is InChI=1S/C20H30ClFN6O4/c1-32-11-15-7-4-8-28(15)18-16(22)17(23-20(21)24-18)25-26-19(30)14(10-27(31)12-29)9-13-5-2-3-6-13/h12-15,31H,2-11H2,1H3,(H,26,30)(H,23,24,25)/t14-,15-/m1/s1. The lowest BCUT2D eigenvalue weighted by molar-refractivity contribution is -0.154. The number of methoxy groups -OCH3 is 1. The highest BCUT2D eigenvalue weighted by molar-refractivity contribution is 6.28. The van der Waals surface area contributed by atoms with Crippen LogP contribution in [0.5, 0.6) is 0 Å². The maximum atomic E-state index is 15.2. The monoisotopic (exact) mass is 472 g/mol. The molecule has 2 fully saturated rings. The minimum atomic E-state index is -0.735. The van der Waals surface area contributed by atoms with Crippen molar-refractivity contribution in [1.29, 1.82) is 0 Å². The predicted molar refractivity (Wildman–Crippen MR) is 116 cm³/mol. The zero-order chi connectivity index (χ0) is 23.1. The van der Waals surface area contributed by atoms with Gasteiger partial charge in [0.15, 0.2) is 11.6 Å². The van der Waals surface area contributed by atoms with Gasteiger partial charge in [0.05, 0.1) is 25.1 Å². The zero-order valence-corrected chi connectivity index (χ0v) is 18.9. The molecule has 0 spiro atoms. The maximum Gasteiger partial charge on any atom is 0.243 e. The fraction of sp³-hybridized carbons (Fsp3) is 0.700. The van der Waals surface area contributed by atoms with Crippen LogP contribution in [0.15, 0.2) is 0 Å². The maximum absolute atomic E-state index is 15.2. The van der Waals surface area contributed by atoms with E-state index in [0.717, 1.165) is 38.5 Å². The minimum Gasteiger partial charge on any atom is -0.383 e. The first-order chi connectivity index (χ1) is 15.4. The van der Waals surface area contributed by atoms with Gasteiger partial charge in [-0.25, -0.2) is 5.06 Å². The van der Waals surface area contributed by atoms with Gasteiger partial charge >= 0.3 is 0 Å². The van der Waals surface area contributed by atoms with E-state index < -0.39 is 17.6 Å². The highest BCUT2D eigenvalue weighted by Crippen LogP contribution is 2.32. The molecule has 0 aromatic carbocycles. The van der Waals surface area contributed by atoms with Gasteiger partial charge in [-0.1, -0.05) is 25.7 Å². The van der Waals surface area contributed by atoms with E-state index in [4.69, 9.17) is 16.3 Å². The smallest absolute Gasteiger partial charge is 0.243 e. The largest absolute Gasteiger partial charge is 0.383 e. The number of nitrogens with zero attached hydrogens (tertiary/aromatic N) is 4. The summed E-state index contributed by atoms with van der Waals surface area (Å²) in [5, 5.41) is 9.88. The van der Waals surface area contributed by atoms with Gasteiger partial charge in [-0.05, 0) is 36.8 Å². The number of hydroxylamine groups is 2. The summed E-state index contributed by atoms with van der Waals surface area (Å²) in [4.78, 5) is 33.3. The molecule has 12 heteroatoms. The second-order valence-corrected chi connectivity index (χ2v) is 8.69. The van der Waals surface area contributed by atoms with E-state index in [1.165, 1.54) is 0 Å². The van der Waals surface area contributed by atoms with Crippen LogP contribution in [0, 0.1) is 17.7 Å². The number of anilines is 2.